The van der Waals surface area contributed by atoms with Crippen LogP contribution in [0.2, 0.25) is 0 Å². The van der Waals surface area contributed by atoms with Crippen LogP contribution in [0.1, 0.15) is 23.2 Å². The van der Waals surface area contributed by atoms with Gasteiger partial charge in [-0.15, -0.1) is 12.1 Å². The maximum Gasteiger partial charge on any atom is -0.0606 e. The van der Waals surface area contributed by atoms with Gasteiger partial charge in [-0.05, 0) is 0 Å². The first-order valence-electron chi connectivity index (χ1n) is 5.44. The molecule has 2 rings (SSSR count). The van der Waals surface area contributed by atoms with Gasteiger partial charge in [0, 0.05) is 0 Å². The third-order valence-corrected chi connectivity index (χ3v) is 2.65. The number of benzene rings is 2. The van der Waals surface area contributed by atoms with E-state index in [1.807, 2.05) is 78.0 Å². The first-order valence-corrected chi connectivity index (χ1v) is 7.68. The third kappa shape index (κ3) is 5.42. The van der Waals surface area contributed by atoms with Gasteiger partial charge in [-0.25, -0.2) is 0 Å². The Bertz CT molecular complexity index is 393. The van der Waals surface area contributed by atoms with Gasteiger partial charge < -0.3 is 18.9 Å². The van der Waals surface area contributed by atoms with E-state index in [4.69, 9.17) is 11.5 Å². The fourth-order valence-corrected chi connectivity index (χ4v) is 1.71. The summed E-state index contributed by atoms with van der Waals surface area (Å²) in [7, 11) is 4.57. The molecule has 19 heavy (non-hydrogen) atoms. The number of nitrogens with one attached hydrogen (secondary N) is 2. The van der Waals surface area contributed by atoms with Gasteiger partial charge in [0.2, 0.25) is 0 Å². The van der Waals surface area contributed by atoms with Crippen molar-refractivity contribution in [1.82, 2.24) is 0 Å². The molecule has 0 aliphatic rings. The van der Waals surface area contributed by atoms with Gasteiger partial charge in [-0.2, -0.15) is 0 Å². The normalized spacial score (nSPS) is 12.4. The molecule has 2 atom stereocenters. The molecular weight excluding hydrogens is 345 g/mol. The second kappa shape index (κ2) is 10.1. The average Bonchev–Trinajstić information content (AvgIpc) is 2.49. The van der Waals surface area contributed by atoms with Crippen molar-refractivity contribution in [3.63, 3.8) is 0 Å². The van der Waals surface area contributed by atoms with Crippen LogP contribution in [0.3, 0.4) is 0 Å². The molecule has 2 nitrogen and oxygen atoms in total. The van der Waals surface area contributed by atoms with E-state index < -0.39 is 12.1 Å². The maximum absolute atomic E-state index is 8.07. The van der Waals surface area contributed by atoms with Crippen LogP contribution in [0.25, 0.3) is 11.5 Å². The molecule has 2 aromatic carbocycles. The van der Waals surface area contributed by atoms with Crippen molar-refractivity contribution >= 4 is 9.69 Å². The summed E-state index contributed by atoms with van der Waals surface area (Å²) in [6, 6.07) is 18.1. The Morgan fingerprint density at radius 2 is 0.947 bits per heavy atom. The average molecular weight is 362 g/mol. The Morgan fingerprint density at radius 1 is 0.684 bits per heavy atom. The molecule has 0 saturated carbocycles. The van der Waals surface area contributed by atoms with Gasteiger partial charge in [0.25, 0.3) is 0 Å². The predicted octanol–water partition coefficient (Wildman–Crippen LogP) is 5.71. The van der Waals surface area contributed by atoms with Crippen LogP contribution in [-0.4, -0.2) is 0 Å². The zero-order chi connectivity index (χ0) is 13.4. The Kier molecular flexibility index (Phi) is 9.72. The van der Waals surface area contributed by atoms with Gasteiger partial charge >= 0.3 is 27.0 Å². The number of rotatable bonds is 3. The molecule has 0 bridgehead atoms. The summed E-state index contributed by atoms with van der Waals surface area (Å²) in [5.41, 5.74) is 17.9. The van der Waals surface area contributed by atoms with Crippen molar-refractivity contribution in [2.45, 2.75) is 12.1 Å². The monoisotopic (exact) mass is 362 g/mol. The van der Waals surface area contributed by atoms with Crippen molar-refractivity contribution in [1.29, 1.82) is 0 Å². The minimum absolute atomic E-state index is 0. The summed E-state index contributed by atoms with van der Waals surface area (Å²) in [6.07, 6.45) is 0. The van der Waals surface area contributed by atoms with Gasteiger partial charge in [0.05, 0.1) is 0 Å². The van der Waals surface area contributed by atoms with E-state index >= 15 is 0 Å². The molecule has 0 aromatic heterocycles. The maximum atomic E-state index is 8.07. The van der Waals surface area contributed by atoms with Gasteiger partial charge in [-0.1, -0.05) is 71.8 Å². The molecule has 0 aliphatic carbocycles. The Labute approximate surface area is 129 Å². The molecular formula is C15H17ClN2Ru. The van der Waals surface area contributed by atoms with Crippen LogP contribution in [0.5, 0.6) is 0 Å². The molecule has 0 spiro atoms. The second-order valence-electron chi connectivity index (χ2n) is 3.78. The third-order valence-electron chi connectivity index (χ3n) is 2.65. The molecule has 2 aromatic rings. The molecule has 0 fully saturated rings. The van der Waals surface area contributed by atoms with Crippen molar-refractivity contribution in [3.05, 3.63) is 90.7 Å². The number of halogens is 1. The fraction of sp³-hybridized carbons (Fsp3) is 0.133. The topological polar surface area (TPSA) is 47.6 Å². The van der Waals surface area contributed by atoms with E-state index in [1.165, 1.54) is 0 Å². The zero-order valence-corrected chi connectivity index (χ0v) is 13.2. The quantitative estimate of drug-likeness (QED) is 0.496. The summed E-state index contributed by atoms with van der Waals surface area (Å²) < 4.78 is 0. The molecule has 0 heterocycles. The van der Waals surface area contributed by atoms with E-state index in [1.54, 1.807) is 0 Å². The van der Waals surface area contributed by atoms with Crippen molar-refractivity contribution in [2.24, 2.45) is 0 Å². The van der Waals surface area contributed by atoms with E-state index in [9.17, 15) is 0 Å². The SMILES string of the molecule is [CH3-].[Cl][Ru+3].[NH-]C(c1ccccc1)C([NH-])c1ccccc1. The second-order valence-corrected chi connectivity index (χ2v) is 3.78. The van der Waals surface area contributed by atoms with Crippen molar-refractivity contribution in [2.75, 3.05) is 0 Å². The predicted molar refractivity (Wildman–Crippen MR) is 79.3 cm³/mol. The van der Waals surface area contributed by atoms with Crippen LogP contribution in [0.4, 0.5) is 0 Å². The van der Waals surface area contributed by atoms with Crippen molar-refractivity contribution in [3.8, 4) is 0 Å². The van der Waals surface area contributed by atoms with Crippen molar-refractivity contribution < 1.29 is 17.3 Å². The standard InChI is InChI=1S/C14H14N2.CH3.ClH.Ru/c15-13(11-7-3-1-4-8-11)14(16)12-9-5-2-6-10-12;;;/h1-10,13-16H;1H3;1H;/q-2;-1;;+4/p-1. The van der Waals surface area contributed by atoms with Crippen LogP contribution in [0, 0.1) is 7.43 Å². The molecule has 4 heteroatoms. The smallest absolute Gasteiger partial charge is 0.0606 e. The van der Waals surface area contributed by atoms with Gasteiger partial charge in [0.15, 0.2) is 0 Å². The Morgan fingerprint density at radius 3 is 1.21 bits per heavy atom. The minimum atomic E-state index is -0.524. The summed E-state index contributed by atoms with van der Waals surface area (Å²) in [5, 5.41) is 0. The van der Waals surface area contributed by atoms with Crippen LogP contribution in [0.15, 0.2) is 60.7 Å². The Balaban J connectivity index is 0.00000103. The summed E-state index contributed by atoms with van der Waals surface area (Å²) in [6.45, 7) is 0. The van der Waals surface area contributed by atoms with Crippen LogP contribution >= 0.6 is 9.69 Å². The zero-order valence-electron chi connectivity index (χ0n) is 10.7. The van der Waals surface area contributed by atoms with E-state index in [0.29, 0.717) is 0 Å². The fourth-order valence-electron chi connectivity index (χ4n) is 1.71. The first kappa shape index (κ1) is 18.3. The molecule has 0 aliphatic heterocycles. The summed E-state index contributed by atoms with van der Waals surface area (Å²) in [4.78, 5) is 0. The van der Waals surface area contributed by atoms with E-state index in [2.05, 4.69) is 9.69 Å². The summed E-state index contributed by atoms with van der Waals surface area (Å²) in [5.74, 6) is 0. The number of hydrogen-bond donors (Lipinski definition) is 0. The number of hydrogen-bond acceptors (Lipinski definition) is 0. The van der Waals surface area contributed by atoms with E-state index in [0.717, 1.165) is 11.1 Å². The molecule has 0 radical (unpaired) electrons. The van der Waals surface area contributed by atoms with Gasteiger partial charge in [-0.3, -0.25) is 0 Å². The molecule has 2 unspecified atom stereocenters. The molecule has 2 N–H and O–H groups in total. The molecule has 0 amide bonds. The first-order chi connectivity index (χ1) is 8.79. The largest absolute Gasteiger partial charge is 0.672 e. The van der Waals surface area contributed by atoms with Crippen LogP contribution in [-0.2, 0) is 17.3 Å². The van der Waals surface area contributed by atoms with Crippen LogP contribution < -0.4 is 0 Å². The summed E-state index contributed by atoms with van der Waals surface area (Å²) >= 11 is 1.82. The Hall–Kier alpha value is -0.727. The van der Waals surface area contributed by atoms with Gasteiger partial charge in [0.1, 0.15) is 0 Å². The molecule has 102 valence electrons. The minimum Gasteiger partial charge on any atom is -0.672 e. The molecule has 0 saturated heterocycles. The van der Waals surface area contributed by atoms with E-state index in [-0.39, 0.29) is 7.43 Å².